The number of carbonyl (C=O) groups excluding carboxylic acids is 2. The third-order valence-corrected chi connectivity index (χ3v) is 7.20. The molecule has 0 fully saturated rings. The second-order valence-corrected chi connectivity index (χ2v) is 10.4. The fourth-order valence-electron chi connectivity index (χ4n) is 4.75. The molecule has 0 saturated heterocycles. The average molecular weight is 525 g/mol. The summed E-state index contributed by atoms with van der Waals surface area (Å²) < 4.78 is 0. The van der Waals surface area contributed by atoms with Gasteiger partial charge in [0.05, 0.1) is 0 Å². The predicted molar refractivity (Wildman–Crippen MR) is 160 cm³/mol. The van der Waals surface area contributed by atoms with Crippen molar-refractivity contribution in [2.75, 3.05) is 38.6 Å². The SMILES string of the molecule is CCCCN(CC(=O)N(CCc1c[nH]c2ccccc12)Cc1ccc(N(C)C)cc1)C(=O)c1ccc(C)cc1. The molecule has 39 heavy (non-hydrogen) atoms. The summed E-state index contributed by atoms with van der Waals surface area (Å²) in [5.74, 6) is -0.133. The van der Waals surface area contributed by atoms with Crippen LogP contribution in [-0.4, -0.2) is 60.3 Å². The van der Waals surface area contributed by atoms with Crippen molar-refractivity contribution in [3.05, 3.63) is 101 Å². The van der Waals surface area contributed by atoms with Crippen molar-refractivity contribution in [1.82, 2.24) is 14.8 Å². The maximum absolute atomic E-state index is 13.8. The Morgan fingerprint density at radius 3 is 2.26 bits per heavy atom. The molecule has 0 atom stereocenters. The molecule has 0 unspecified atom stereocenters. The topological polar surface area (TPSA) is 59.7 Å². The minimum absolute atomic E-state index is 0.0388. The number of carbonyl (C=O) groups is 2. The largest absolute Gasteiger partial charge is 0.378 e. The van der Waals surface area contributed by atoms with Gasteiger partial charge < -0.3 is 19.7 Å². The van der Waals surface area contributed by atoms with Gasteiger partial charge in [0.25, 0.3) is 5.91 Å². The van der Waals surface area contributed by atoms with Gasteiger partial charge in [0, 0.05) is 62.1 Å². The van der Waals surface area contributed by atoms with E-state index in [1.807, 2.05) is 68.5 Å². The van der Waals surface area contributed by atoms with Crippen molar-refractivity contribution in [2.45, 2.75) is 39.7 Å². The van der Waals surface area contributed by atoms with Gasteiger partial charge in [-0.25, -0.2) is 0 Å². The molecule has 0 radical (unpaired) electrons. The van der Waals surface area contributed by atoms with E-state index < -0.39 is 0 Å². The molecule has 4 aromatic rings. The van der Waals surface area contributed by atoms with Gasteiger partial charge >= 0.3 is 0 Å². The first-order valence-electron chi connectivity index (χ1n) is 13.8. The standard InChI is InChI=1S/C33H40N4O2/c1-5-6-20-37(33(39)27-15-11-25(2)12-16-27)24-32(38)36(23-26-13-17-29(18-14-26)35(3)4)21-19-28-22-34-31-10-8-7-9-30(28)31/h7-18,22,34H,5-6,19-21,23-24H2,1-4H3. The van der Waals surface area contributed by atoms with E-state index in [9.17, 15) is 9.59 Å². The first-order chi connectivity index (χ1) is 18.9. The monoisotopic (exact) mass is 524 g/mol. The Morgan fingerprint density at radius 1 is 0.846 bits per heavy atom. The maximum atomic E-state index is 13.8. The number of hydrogen-bond donors (Lipinski definition) is 1. The van der Waals surface area contributed by atoms with Crippen molar-refractivity contribution < 1.29 is 9.59 Å². The van der Waals surface area contributed by atoms with Gasteiger partial charge in [0.2, 0.25) is 5.91 Å². The van der Waals surface area contributed by atoms with Crippen LogP contribution in [0.5, 0.6) is 0 Å². The molecule has 0 aliphatic heterocycles. The van der Waals surface area contributed by atoms with E-state index in [0.717, 1.165) is 41.6 Å². The second-order valence-electron chi connectivity index (χ2n) is 10.4. The molecule has 6 nitrogen and oxygen atoms in total. The molecule has 0 aliphatic rings. The van der Waals surface area contributed by atoms with Crippen LogP contribution in [0.1, 0.15) is 46.8 Å². The zero-order chi connectivity index (χ0) is 27.8. The summed E-state index contributed by atoms with van der Waals surface area (Å²) in [5, 5.41) is 1.18. The first-order valence-corrected chi connectivity index (χ1v) is 13.8. The quantitative estimate of drug-likeness (QED) is 0.245. The van der Waals surface area contributed by atoms with Crippen molar-refractivity contribution in [3.63, 3.8) is 0 Å². The van der Waals surface area contributed by atoms with E-state index in [0.29, 0.717) is 25.2 Å². The molecule has 1 N–H and O–H groups in total. The molecule has 3 aromatic carbocycles. The Kier molecular flexibility index (Phi) is 9.42. The van der Waals surface area contributed by atoms with Crippen LogP contribution in [0.25, 0.3) is 10.9 Å². The number of rotatable bonds is 12. The van der Waals surface area contributed by atoms with Crippen molar-refractivity contribution in [2.24, 2.45) is 0 Å². The lowest BCUT2D eigenvalue weighted by Gasteiger charge is -2.28. The fourth-order valence-corrected chi connectivity index (χ4v) is 4.75. The van der Waals surface area contributed by atoms with E-state index in [1.54, 1.807) is 4.90 Å². The molecule has 0 aliphatic carbocycles. The van der Waals surface area contributed by atoms with Crippen LogP contribution in [0, 0.1) is 6.92 Å². The summed E-state index contributed by atoms with van der Waals surface area (Å²) in [4.78, 5) is 36.3. The van der Waals surface area contributed by atoms with Crippen LogP contribution in [0.4, 0.5) is 5.69 Å². The molecule has 6 heteroatoms. The number of benzene rings is 3. The number of fused-ring (bicyclic) bond motifs is 1. The summed E-state index contributed by atoms with van der Waals surface area (Å²) in [6, 6.07) is 24.1. The van der Waals surface area contributed by atoms with Gasteiger partial charge in [-0.05, 0) is 61.2 Å². The molecule has 204 valence electrons. The fraction of sp³-hybridized carbons (Fsp3) is 0.333. The summed E-state index contributed by atoms with van der Waals surface area (Å²) in [6.07, 6.45) is 4.57. The highest BCUT2D eigenvalue weighted by atomic mass is 16.2. The van der Waals surface area contributed by atoms with Crippen LogP contribution in [0.3, 0.4) is 0 Å². The second kappa shape index (κ2) is 13.1. The number of nitrogens with zero attached hydrogens (tertiary/aromatic N) is 3. The van der Waals surface area contributed by atoms with Crippen LogP contribution in [0.15, 0.2) is 79.0 Å². The van der Waals surface area contributed by atoms with E-state index in [-0.39, 0.29) is 18.4 Å². The molecular weight excluding hydrogens is 484 g/mol. The number of hydrogen-bond acceptors (Lipinski definition) is 3. The number of anilines is 1. The van der Waals surface area contributed by atoms with Gasteiger partial charge in [-0.15, -0.1) is 0 Å². The van der Waals surface area contributed by atoms with Crippen LogP contribution in [0.2, 0.25) is 0 Å². The van der Waals surface area contributed by atoms with Gasteiger partial charge in [0.1, 0.15) is 6.54 Å². The number of aromatic amines is 1. The van der Waals surface area contributed by atoms with Crippen molar-refractivity contribution in [3.8, 4) is 0 Å². The van der Waals surface area contributed by atoms with E-state index in [1.165, 1.54) is 10.9 Å². The zero-order valence-electron chi connectivity index (χ0n) is 23.6. The van der Waals surface area contributed by atoms with Crippen molar-refractivity contribution in [1.29, 1.82) is 0 Å². The van der Waals surface area contributed by atoms with E-state index >= 15 is 0 Å². The average Bonchev–Trinajstić information content (AvgIpc) is 3.36. The molecule has 4 rings (SSSR count). The highest BCUT2D eigenvalue weighted by molar-refractivity contribution is 5.96. The van der Waals surface area contributed by atoms with Gasteiger partial charge in [-0.2, -0.15) is 0 Å². The van der Waals surface area contributed by atoms with Crippen LogP contribution < -0.4 is 4.90 Å². The Bertz CT molecular complexity index is 1370. The maximum Gasteiger partial charge on any atom is 0.254 e. The molecule has 0 saturated carbocycles. The normalized spacial score (nSPS) is 11.0. The van der Waals surface area contributed by atoms with E-state index in [4.69, 9.17) is 0 Å². The minimum Gasteiger partial charge on any atom is -0.378 e. The van der Waals surface area contributed by atoms with Gasteiger partial charge in [-0.1, -0.05) is 61.4 Å². The first kappa shape index (κ1) is 28.0. The smallest absolute Gasteiger partial charge is 0.254 e. The highest BCUT2D eigenvalue weighted by Crippen LogP contribution is 2.20. The molecular formula is C33H40N4O2. The molecule has 0 bridgehead atoms. The number of nitrogens with one attached hydrogen (secondary N) is 1. The lowest BCUT2D eigenvalue weighted by molar-refractivity contribution is -0.132. The molecule has 2 amide bonds. The Balaban J connectivity index is 1.55. The minimum atomic E-state index is -0.0938. The molecule has 1 aromatic heterocycles. The number of aryl methyl sites for hydroxylation is 1. The lowest BCUT2D eigenvalue weighted by Crippen LogP contribution is -2.43. The Labute approximate surface area is 232 Å². The summed E-state index contributed by atoms with van der Waals surface area (Å²) >= 11 is 0. The molecule has 1 heterocycles. The lowest BCUT2D eigenvalue weighted by atomic mass is 10.1. The van der Waals surface area contributed by atoms with Gasteiger partial charge in [0.15, 0.2) is 0 Å². The number of aromatic nitrogens is 1. The summed E-state index contributed by atoms with van der Waals surface area (Å²) in [7, 11) is 4.03. The Morgan fingerprint density at radius 2 is 1.56 bits per heavy atom. The summed E-state index contributed by atoms with van der Waals surface area (Å²) in [5.41, 5.74) is 6.19. The van der Waals surface area contributed by atoms with Gasteiger partial charge in [-0.3, -0.25) is 9.59 Å². The third kappa shape index (κ3) is 7.29. The van der Waals surface area contributed by atoms with Crippen molar-refractivity contribution >= 4 is 28.4 Å². The summed E-state index contributed by atoms with van der Waals surface area (Å²) in [6.45, 7) is 5.79. The Hall–Kier alpha value is -4.06. The zero-order valence-corrected chi connectivity index (χ0v) is 23.6. The van der Waals surface area contributed by atoms with Crippen LogP contribution in [-0.2, 0) is 17.8 Å². The van der Waals surface area contributed by atoms with E-state index in [2.05, 4.69) is 53.2 Å². The number of amides is 2. The predicted octanol–water partition coefficient (Wildman–Crippen LogP) is 6.06. The number of unbranched alkanes of at least 4 members (excludes halogenated alkanes) is 1. The number of H-pyrrole nitrogens is 1. The van der Waals surface area contributed by atoms with Crippen LogP contribution >= 0.6 is 0 Å². The molecule has 0 spiro atoms. The number of para-hydroxylation sites is 1. The highest BCUT2D eigenvalue weighted by Gasteiger charge is 2.23. The third-order valence-electron chi connectivity index (χ3n) is 7.20.